The molecule has 0 radical (unpaired) electrons. The molecule has 0 fully saturated rings. The lowest BCUT2D eigenvalue weighted by Gasteiger charge is -2.21. The highest BCUT2D eigenvalue weighted by Gasteiger charge is 2.17. The molecule has 1 atom stereocenters. The van der Waals surface area contributed by atoms with Crippen molar-refractivity contribution in [2.45, 2.75) is 13.0 Å². The van der Waals surface area contributed by atoms with Gasteiger partial charge in [0, 0.05) is 18.2 Å². The zero-order valence-electron chi connectivity index (χ0n) is 11.9. The summed E-state index contributed by atoms with van der Waals surface area (Å²) in [5.41, 5.74) is 7.04. The second-order valence-electron chi connectivity index (χ2n) is 4.50. The maximum Gasteiger partial charge on any atom is 0.124 e. The summed E-state index contributed by atoms with van der Waals surface area (Å²) in [6, 6.07) is 12.3. The molecule has 0 spiro atoms. The number of ether oxygens (including phenoxy) is 1. The zero-order valence-corrected chi connectivity index (χ0v) is 11.9. The van der Waals surface area contributed by atoms with Gasteiger partial charge in [-0.3, -0.25) is 5.32 Å². The molecule has 0 amide bonds. The van der Waals surface area contributed by atoms with Gasteiger partial charge in [-0.25, -0.2) is 0 Å². The van der Waals surface area contributed by atoms with Gasteiger partial charge in [0.05, 0.1) is 13.7 Å². The van der Waals surface area contributed by atoms with Crippen LogP contribution < -0.4 is 15.8 Å². The van der Waals surface area contributed by atoms with Crippen LogP contribution in [0.25, 0.3) is 10.8 Å². The summed E-state index contributed by atoms with van der Waals surface area (Å²) in [5, 5.41) is 5.73. The smallest absolute Gasteiger partial charge is 0.124 e. The number of nitrogens with one attached hydrogen (secondary N) is 1. The number of benzene rings is 2. The minimum atomic E-state index is 0.0249. The molecular weight excluding hydrogens is 248 g/mol. The highest BCUT2D eigenvalue weighted by atomic mass is 16.5. The van der Waals surface area contributed by atoms with Crippen molar-refractivity contribution in [1.82, 2.24) is 5.32 Å². The Bertz CT molecular complexity index is 640. The Hall–Kier alpha value is -2.02. The van der Waals surface area contributed by atoms with Crippen LogP contribution in [0.4, 0.5) is 0 Å². The average molecular weight is 268 g/mol. The maximum atomic E-state index is 5.94. The van der Waals surface area contributed by atoms with Crippen LogP contribution in [0.15, 0.2) is 36.4 Å². The van der Waals surface area contributed by atoms with E-state index < -0.39 is 0 Å². The molecule has 3 N–H and O–H groups in total. The van der Waals surface area contributed by atoms with Crippen LogP contribution in [0, 0.1) is 11.8 Å². The number of hydrogen-bond acceptors (Lipinski definition) is 3. The lowest BCUT2D eigenvalue weighted by atomic mass is 9.97. The first-order chi connectivity index (χ1) is 9.81. The monoisotopic (exact) mass is 268 g/mol. The Morgan fingerprint density at radius 3 is 2.75 bits per heavy atom. The quantitative estimate of drug-likeness (QED) is 0.819. The molecule has 3 heteroatoms. The second-order valence-corrected chi connectivity index (χ2v) is 4.50. The van der Waals surface area contributed by atoms with E-state index in [0.717, 1.165) is 11.3 Å². The van der Waals surface area contributed by atoms with Crippen LogP contribution in [-0.4, -0.2) is 20.2 Å². The van der Waals surface area contributed by atoms with Crippen molar-refractivity contribution >= 4 is 10.8 Å². The van der Waals surface area contributed by atoms with Crippen LogP contribution in [0.5, 0.6) is 5.75 Å². The van der Waals surface area contributed by atoms with E-state index in [0.29, 0.717) is 13.1 Å². The van der Waals surface area contributed by atoms with Crippen LogP contribution in [0.1, 0.15) is 18.5 Å². The Labute approximate surface area is 120 Å². The first-order valence-electron chi connectivity index (χ1n) is 6.70. The molecule has 20 heavy (non-hydrogen) atoms. The molecule has 1 unspecified atom stereocenters. The summed E-state index contributed by atoms with van der Waals surface area (Å²) >= 11 is 0. The molecule has 0 aliphatic rings. The molecule has 0 heterocycles. The Balaban J connectivity index is 2.49. The van der Waals surface area contributed by atoms with Gasteiger partial charge in [0.25, 0.3) is 0 Å². The van der Waals surface area contributed by atoms with Crippen LogP contribution in [0.3, 0.4) is 0 Å². The minimum Gasteiger partial charge on any atom is -0.496 e. The normalized spacial score (nSPS) is 11.8. The molecule has 2 aromatic carbocycles. The van der Waals surface area contributed by atoms with Crippen molar-refractivity contribution in [2.24, 2.45) is 5.73 Å². The van der Waals surface area contributed by atoms with Gasteiger partial charge in [-0.1, -0.05) is 36.3 Å². The van der Waals surface area contributed by atoms with Gasteiger partial charge >= 0.3 is 0 Å². The summed E-state index contributed by atoms with van der Waals surface area (Å²) in [7, 11) is 1.69. The Kier molecular flexibility index (Phi) is 5.00. The van der Waals surface area contributed by atoms with Crippen molar-refractivity contribution in [1.29, 1.82) is 0 Å². The van der Waals surface area contributed by atoms with Gasteiger partial charge in [0.1, 0.15) is 5.75 Å². The number of fused-ring (bicyclic) bond motifs is 1. The summed E-state index contributed by atoms with van der Waals surface area (Å²) in [6.07, 6.45) is 0. The van der Waals surface area contributed by atoms with Gasteiger partial charge in [-0.05, 0) is 23.8 Å². The lowest BCUT2D eigenvalue weighted by molar-refractivity contribution is 0.402. The third kappa shape index (κ3) is 2.93. The highest BCUT2D eigenvalue weighted by Crippen LogP contribution is 2.32. The van der Waals surface area contributed by atoms with E-state index in [1.807, 2.05) is 25.1 Å². The van der Waals surface area contributed by atoms with Gasteiger partial charge in [0.15, 0.2) is 0 Å². The van der Waals surface area contributed by atoms with E-state index in [1.54, 1.807) is 7.11 Å². The summed E-state index contributed by atoms with van der Waals surface area (Å²) < 4.78 is 5.51. The Morgan fingerprint density at radius 1 is 1.25 bits per heavy atom. The van der Waals surface area contributed by atoms with Crippen LogP contribution >= 0.6 is 0 Å². The third-order valence-corrected chi connectivity index (χ3v) is 3.35. The number of nitrogens with two attached hydrogens (primary N) is 1. The molecule has 0 aromatic heterocycles. The van der Waals surface area contributed by atoms with Gasteiger partial charge in [-0.15, -0.1) is 5.92 Å². The average Bonchev–Trinajstić information content (AvgIpc) is 2.51. The van der Waals surface area contributed by atoms with Crippen molar-refractivity contribution in [3.63, 3.8) is 0 Å². The van der Waals surface area contributed by atoms with Crippen LogP contribution in [0.2, 0.25) is 0 Å². The van der Waals surface area contributed by atoms with Crippen molar-refractivity contribution in [2.75, 3.05) is 20.2 Å². The van der Waals surface area contributed by atoms with Gasteiger partial charge < -0.3 is 10.5 Å². The zero-order chi connectivity index (χ0) is 14.4. The molecule has 3 nitrogen and oxygen atoms in total. The lowest BCUT2D eigenvalue weighted by Crippen LogP contribution is -2.29. The predicted molar refractivity (Wildman–Crippen MR) is 83.7 cm³/mol. The fourth-order valence-electron chi connectivity index (χ4n) is 2.38. The first kappa shape index (κ1) is 14.4. The molecule has 104 valence electrons. The third-order valence-electron chi connectivity index (χ3n) is 3.35. The molecular formula is C17H20N2O. The fraction of sp³-hybridized carbons (Fsp3) is 0.294. The number of rotatable bonds is 5. The molecule has 0 saturated carbocycles. The second kappa shape index (κ2) is 6.95. The van der Waals surface area contributed by atoms with E-state index in [4.69, 9.17) is 10.5 Å². The summed E-state index contributed by atoms with van der Waals surface area (Å²) in [5.74, 6) is 6.75. The van der Waals surface area contributed by atoms with Crippen LogP contribution in [-0.2, 0) is 0 Å². The van der Waals surface area contributed by atoms with E-state index >= 15 is 0 Å². The molecule has 2 aromatic rings. The Morgan fingerprint density at radius 2 is 2.05 bits per heavy atom. The van der Waals surface area contributed by atoms with E-state index in [-0.39, 0.29) is 6.04 Å². The van der Waals surface area contributed by atoms with Crippen molar-refractivity contribution in [3.8, 4) is 17.6 Å². The molecule has 0 saturated heterocycles. The number of methoxy groups -OCH3 is 1. The standard InChI is InChI=1S/C17H20N2O/c1-3-4-11-19-15(12-18)17-14-8-6-5-7-13(14)9-10-16(17)20-2/h5-10,15,19H,11-12,18H2,1-2H3. The van der Waals surface area contributed by atoms with E-state index in [9.17, 15) is 0 Å². The van der Waals surface area contributed by atoms with Gasteiger partial charge in [0.2, 0.25) is 0 Å². The van der Waals surface area contributed by atoms with Crippen molar-refractivity contribution in [3.05, 3.63) is 42.0 Å². The molecule has 0 aliphatic heterocycles. The maximum absolute atomic E-state index is 5.94. The first-order valence-corrected chi connectivity index (χ1v) is 6.70. The largest absolute Gasteiger partial charge is 0.496 e. The number of hydrogen-bond donors (Lipinski definition) is 2. The van der Waals surface area contributed by atoms with Crippen molar-refractivity contribution < 1.29 is 4.74 Å². The highest BCUT2D eigenvalue weighted by molar-refractivity contribution is 5.88. The molecule has 0 bridgehead atoms. The van der Waals surface area contributed by atoms with E-state index in [1.165, 1.54) is 10.8 Å². The summed E-state index contributed by atoms with van der Waals surface area (Å²) in [4.78, 5) is 0. The molecule has 2 rings (SSSR count). The SMILES string of the molecule is CC#CCNC(CN)c1c(OC)ccc2ccccc12. The fourth-order valence-corrected chi connectivity index (χ4v) is 2.38. The van der Waals surface area contributed by atoms with E-state index in [2.05, 4.69) is 35.4 Å². The van der Waals surface area contributed by atoms with Gasteiger partial charge in [-0.2, -0.15) is 0 Å². The minimum absolute atomic E-state index is 0.0249. The topological polar surface area (TPSA) is 47.3 Å². The predicted octanol–water partition coefficient (Wildman–Crippen LogP) is 2.46. The summed E-state index contributed by atoms with van der Waals surface area (Å²) in [6.45, 7) is 2.94. The molecule has 0 aliphatic carbocycles.